The van der Waals surface area contributed by atoms with E-state index in [1.165, 1.54) is 0 Å². The van der Waals surface area contributed by atoms with Gasteiger partial charge in [0.2, 0.25) is 0 Å². The Morgan fingerprint density at radius 1 is 1.70 bits per heavy atom. The molecule has 0 spiro atoms. The van der Waals surface area contributed by atoms with Crippen molar-refractivity contribution in [3.05, 3.63) is 11.1 Å². The molecule has 0 rings (SSSR count). The fourth-order valence-electron chi connectivity index (χ4n) is 0.525. The molecule has 0 aromatic rings. The maximum Gasteiger partial charge on any atom is 0.0484 e. The van der Waals surface area contributed by atoms with Gasteiger partial charge in [0.05, 0.1) is 0 Å². The van der Waals surface area contributed by atoms with Crippen molar-refractivity contribution in [2.45, 2.75) is 20.8 Å². The number of hydrogen-bond donors (Lipinski definition) is 0. The van der Waals surface area contributed by atoms with Crippen molar-refractivity contribution in [3.63, 3.8) is 0 Å². The molecular weight excluding hydrogens is 142 g/mol. The highest BCUT2D eigenvalue weighted by Crippen LogP contribution is 2.15. The predicted molar refractivity (Wildman–Crippen MR) is 50.6 cm³/mol. The Morgan fingerprint density at radius 2 is 2.30 bits per heavy atom. The molecule has 0 bridgehead atoms. The van der Waals surface area contributed by atoms with Crippen LogP contribution in [-0.4, -0.2) is 12.5 Å². The van der Waals surface area contributed by atoms with E-state index in [1.807, 2.05) is 0 Å². The highest BCUT2D eigenvalue weighted by Gasteiger charge is 1.97. The van der Waals surface area contributed by atoms with Gasteiger partial charge in [-0.3, -0.25) is 4.99 Å². The zero-order chi connectivity index (χ0) is 7.98. The lowest BCUT2D eigenvalue weighted by Gasteiger charge is -2.02. The molecule has 2 heteroatoms. The molecule has 0 aromatic heterocycles. The minimum atomic E-state index is 0.497. The van der Waals surface area contributed by atoms with Gasteiger partial charge in [-0.1, -0.05) is 20.8 Å². The summed E-state index contributed by atoms with van der Waals surface area (Å²) in [6, 6.07) is 0. The number of thioether (sulfide) groups is 1. The number of allylic oxidation sites excluding steroid dienone is 1. The second-order valence-electron chi connectivity index (χ2n) is 2.31. The van der Waals surface area contributed by atoms with Crippen LogP contribution >= 0.6 is 11.8 Å². The van der Waals surface area contributed by atoms with E-state index in [0.717, 1.165) is 11.4 Å². The Bertz CT molecular complexity index is 127. The van der Waals surface area contributed by atoms with E-state index in [0.29, 0.717) is 5.92 Å². The fraction of sp³-hybridized carbons (Fsp3) is 0.625. The summed E-state index contributed by atoms with van der Waals surface area (Å²) in [7, 11) is 0. The number of hydrogen-bond acceptors (Lipinski definition) is 2. The molecule has 0 heterocycles. The molecule has 10 heavy (non-hydrogen) atoms. The Kier molecular flexibility index (Phi) is 5.40. The quantitative estimate of drug-likeness (QED) is 0.571. The summed E-state index contributed by atoms with van der Waals surface area (Å²) in [5, 5.41) is 2.08. The Hall–Kier alpha value is -0.240. The monoisotopic (exact) mass is 157 g/mol. The van der Waals surface area contributed by atoms with Crippen LogP contribution in [0.1, 0.15) is 20.8 Å². The van der Waals surface area contributed by atoms with Crippen LogP contribution in [0.25, 0.3) is 0 Å². The number of nitrogens with zero attached hydrogens (tertiary/aromatic N) is 1. The first-order valence-corrected chi connectivity index (χ1v) is 4.55. The first kappa shape index (κ1) is 9.76. The van der Waals surface area contributed by atoms with Crippen molar-refractivity contribution >= 4 is 18.5 Å². The van der Waals surface area contributed by atoms with Crippen LogP contribution in [0.2, 0.25) is 0 Å². The van der Waals surface area contributed by atoms with Crippen LogP contribution in [0.5, 0.6) is 0 Å². The molecule has 0 aliphatic heterocycles. The van der Waals surface area contributed by atoms with Crippen LogP contribution in [0.3, 0.4) is 0 Å². The van der Waals surface area contributed by atoms with Crippen molar-refractivity contribution in [3.8, 4) is 0 Å². The van der Waals surface area contributed by atoms with Gasteiger partial charge in [0.25, 0.3) is 0 Å². The van der Waals surface area contributed by atoms with Gasteiger partial charge in [0.1, 0.15) is 0 Å². The maximum atomic E-state index is 3.92. The molecule has 0 aliphatic rings. The van der Waals surface area contributed by atoms with Gasteiger partial charge >= 0.3 is 0 Å². The summed E-state index contributed by atoms with van der Waals surface area (Å²) >= 11 is 1.77. The largest absolute Gasteiger partial charge is 0.268 e. The molecule has 1 nitrogen and oxygen atoms in total. The summed E-state index contributed by atoms with van der Waals surface area (Å²) in [5.41, 5.74) is 1.09. The highest BCUT2D eigenvalue weighted by atomic mass is 32.2. The van der Waals surface area contributed by atoms with E-state index in [4.69, 9.17) is 0 Å². The SMILES string of the molecule is C=N/C(=C\SCC)C(C)C. The van der Waals surface area contributed by atoms with Crippen molar-refractivity contribution < 1.29 is 0 Å². The van der Waals surface area contributed by atoms with Crippen molar-refractivity contribution in [1.29, 1.82) is 0 Å². The van der Waals surface area contributed by atoms with Crippen LogP contribution in [0.15, 0.2) is 16.1 Å². The van der Waals surface area contributed by atoms with Crippen LogP contribution in [0, 0.1) is 5.92 Å². The third kappa shape index (κ3) is 3.72. The lowest BCUT2D eigenvalue weighted by molar-refractivity contribution is 0.763. The molecule has 0 saturated carbocycles. The van der Waals surface area contributed by atoms with E-state index in [9.17, 15) is 0 Å². The summed E-state index contributed by atoms with van der Waals surface area (Å²) in [4.78, 5) is 3.92. The zero-order valence-electron chi connectivity index (χ0n) is 6.92. The standard InChI is InChI=1S/C8H15NS/c1-5-10-6-8(9-4)7(2)3/h6-7H,4-5H2,1-3H3/b8-6-. The van der Waals surface area contributed by atoms with Crippen molar-refractivity contribution in [2.24, 2.45) is 10.9 Å². The average Bonchev–Trinajstić information content (AvgIpc) is 1.89. The second kappa shape index (κ2) is 5.54. The summed E-state index contributed by atoms with van der Waals surface area (Å²) in [6.07, 6.45) is 0. The van der Waals surface area contributed by atoms with E-state index in [-0.39, 0.29) is 0 Å². The van der Waals surface area contributed by atoms with Crippen molar-refractivity contribution in [1.82, 2.24) is 0 Å². The van der Waals surface area contributed by atoms with Gasteiger partial charge in [0, 0.05) is 5.70 Å². The van der Waals surface area contributed by atoms with Crippen LogP contribution in [-0.2, 0) is 0 Å². The fourth-order valence-corrected chi connectivity index (χ4v) is 1.21. The molecule has 0 radical (unpaired) electrons. The van der Waals surface area contributed by atoms with E-state index in [1.54, 1.807) is 11.8 Å². The molecule has 0 unspecified atom stereocenters. The molecule has 0 amide bonds. The van der Waals surface area contributed by atoms with Crippen LogP contribution in [0.4, 0.5) is 0 Å². The molecule has 0 atom stereocenters. The topological polar surface area (TPSA) is 12.4 Å². The molecule has 58 valence electrons. The van der Waals surface area contributed by atoms with Gasteiger partial charge in [0.15, 0.2) is 0 Å². The maximum absolute atomic E-state index is 3.92. The van der Waals surface area contributed by atoms with Crippen molar-refractivity contribution in [2.75, 3.05) is 5.75 Å². The third-order valence-electron chi connectivity index (χ3n) is 1.14. The number of aliphatic imine (C=N–C) groups is 1. The van der Waals surface area contributed by atoms with Gasteiger partial charge in [-0.25, -0.2) is 0 Å². The minimum absolute atomic E-state index is 0.497. The second-order valence-corrected chi connectivity index (χ2v) is 3.46. The van der Waals surface area contributed by atoms with Crippen LogP contribution < -0.4 is 0 Å². The number of rotatable bonds is 4. The lowest BCUT2D eigenvalue weighted by Crippen LogP contribution is -1.88. The molecule has 0 aliphatic carbocycles. The molecular formula is C8H15NS. The summed E-state index contributed by atoms with van der Waals surface area (Å²) in [6.45, 7) is 9.87. The highest BCUT2D eigenvalue weighted by molar-refractivity contribution is 8.02. The first-order chi connectivity index (χ1) is 4.72. The van der Waals surface area contributed by atoms with E-state index in [2.05, 4.69) is 37.9 Å². The smallest absolute Gasteiger partial charge is 0.0484 e. The average molecular weight is 157 g/mol. The molecule has 0 saturated heterocycles. The van der Waals surface area contributed by atoms with Gasteiger partial charge in [-0.15, -0.1) is 11.8 Å². The lowest BCUT2D eigenvalue weighted by atomic mass is 10.2. The van der Waals surface area contributed by atoms with Gasteiger partial charge in [-0.2, -0.15) is 0 Å². The predicted octanol–water partition coefficient (Wildman–Crippen LogP) is 2.94. The Morgan fingerprint density at radius 3 is 2.60 bits per heavy atom. The summed E-state index contributed by atoms with van der Waals surface area (Å²) < 4.78 is 0. The molecule has 0 fully saturated rings. The van der Waals surface area contributed by atoms with E-state index >= 15 is 0 Å². The van der Waals surface area contributed by atoms with Gasteiger partial charge in [-0.05, 0) is 23.8 Å². The third-order valence-corrected chi connectivity index (χ3v) is 1.89. The molecule has 0 N–H and O–H groups in total. The van der Waals surface area contributed by atoms with E-state index < -0.39 is 0 Å². The normalized spacial score (nSPS) is 12.2. The molecule has 0 aromatic carbocycles. The summed E-state index contributed by atoms with van der Waals surface area (Å²) in [5.74, 6) is 1.60. The van der Waals surface area contributed by atoms with Gasteiger partial charge < -0.3 is 0 Å². The Labute approximate surface area is 67.6 Å². The minimum Gasteiger partial charge on any atom is -0.268 e. The Balaban J connectivity index is 3.91. The first-order valence-electron chi connectivity index (χ1n) is 3.50. The zero-order valence-corrected chi connectivity index (χ0v) is 7.74.